The minimum absolute atomic E-state index is 0.331. The molecule has 0 saturated carbocycles. The fraction of sp³-hybridized carbons (Fsp3) is 0.312. The van der Waals surface area contributed by atoms with E-state index in [1.54, 1.807) is 26.3 Å². The molecule has 1 aromatic carbocycles. The third-order valence-corrected chi connectivity index (χ3v) is 2.69. The molecule has 20 heavy (non-hydrogen) atoms. The number of aliphatic imine (C=N–C) groups is 1. The third-order valence-electron chi connectivity index (χ3n) is 2.69. The number of rotatable bonds is 6. The highest BCUT2D eigenvalue weighted by Crippen LogP contribution is 2.20. The second kappa shape index (κ2) is 8.92. The summed E-state index contributed by atoms with van der Waals surface area (Å²) in [6.07, 6.45) is 2.62. The highest BCUT2D eigenvalue weighted by molar-refractivity contribution is 5.73. The Morgan fingerprint density at radius 1 is 1.45 bits per heavy atom. The summed E-state index contributed by atoms with van der Waals surface area (Å²) in [7, 11) is 1.80. The summed E-state index contributed by atoms with van der Waals surface area (Å²) in [5, 5.41) is 13.1. The first-order valence-corrected chi connectivity index (χ1v) is 6.48. The number of nitrogens with one attached hydrogen (secondary N) is 1. The molecule has 106 valence electrons. The Kier molecular flexibility index (Phi) is 7.12. The number of hydrogen-bond acceptors (Lipinski definition) is 4. The Labute approximate surface area is 120 Å². The van der Waals surface area contributed by atoms with Crippen molar-refractivity contribution in [3.8, 4) is 11.8 Å². The molecule has 0 heterocycles. The molecular formula is C16H21N3O. The van der Waals surface area contributed by atoms with Crippen molar-refractivity contribution >= 4 is 6.21 Å². The van der Waals surface area contributed by atoms with Crippen molar-refractivity contribution in [2.75, 3.05) is 13.6 Å². The smallest absolute Gasteiger partial charge is 0.102 e. The maximum Gasteiger partial charge on any atom is 0.102 e. The topological polar surface area (TPSA) is 70.6 Å². The Balaban J connectivity index is 2.91. The first kappa shape index (κ1) is 16.0. The van der Waals surface area contributed by atoms with Crippen LogP contribution >= 0.6 is 0 Å². The summed E-state index contributed by atoms with van der Waals surface area (Å²) in [4.78, 5) is 4.40. The van der Waals surface area contributed by atoms with Gasteiger partial charge in [0.1, 0.15) is 6.04 Å². The van der Waals surface area contributed by atoms with Gasteiger partial charge in [-0.25, -0.2) is 0 Å². The number of benzene rings is 1. The van der Waals surface area contributed by atoms with Crippen LogP contribution in [0.4, 0.5) is 0 Å². The van der Waals surface area contributed by atoms with E-state index in [1.165, 1.54) is 0 Å². The molecule has 0 aliphatic heterocycles. The summed E-state index contributed by atoms with van der Waals surface area (Å²) in [6.45, 7) is 2.19. The maximum absolute atomic E-state index is 10.2. The van der Waals surface area contributed by atoms with Crippen molar-refractivity contribution in [2.24, 2.45) is 10.7 Å². The van der Waals surface area contributed by atoms with E-state index in [1.807, 2.05) is 30.3 Å². The van der Waals surface area contributed by atoms with Crippen molar-refractivity contribution in [1.82, 2.24) is 5.32 Å². The normalized spacial score (nSPS) is 14.7. The lowest BCUT2D eigenvalue weighted by Gasteiger charge is -2.19. The van der Waals surface area contributed by atoms with Gasteiger partial charge in [-0.15, -0.1) is 0 Å². The molecule has 2 atom stereocenters. The van der Waals surface area contributed by atoms with Crippen LogP contribution in [0.5, 0.6) is 0 Å². The second-order valence-electron chi connectivity index (χ2n) is 4.28. The van der Waals surface area contributed by atoms with Crippen molar-refractivity contribution in [1.29, 1.82) is 0 Å². The fourth-order valence-electron chi connectivity index (χ4n) is 1.78. The number of hydrogen-bond donors (Lipinski definition) is 3. The molecule has 0 amide bonds. The molecule has 0 bridgehead atoms. The van der Waals surface area contributed by atoms with E-state index >= 15 is 0 Å². The van der Waals surface area contributed by atoms with Crippen LogP contribution < -0.4 is 11.1 Å². The molecule has 0 aliphatic rings. The molecule has 1 rings (SSSR count). The predicted molar refractivity (Wildman–Crippen MR) is 83.3 cm³/mol. The number of likely N-dealkylation sites (N-methyl/N-ethyl adjacent to an activating group) is 1. The van der Waals surface area contributed by atoms with Crippen LogP contribution in [0.3, 0.4) is 0 Å². The van der Waals surface area contributed by atoms with Crippen LogP contribution in [-0.2, 0) is 0 Å². The van der Waals surface area contributed by atoms with Crippen LogP contribution in [0.1, 0.15) is 18.5 Å². The molecule has 0 radical (unpaired) electrons. The monoisotopic (exact) mass is 271 g/mol. The summed E-state index contributed by atoms with van der Waals surface area (Å²) in [5.41, 5.74) is 7.07. The zero-order valence-electron chi connectivity index (χ0n) is 11.9. The quantitative estimate of drug-likeness (QED) is 0.538. The minimum Gasteiger partial charge on any atom is -0.392 e. The lowest BCUT2D eigenvalue weighted by molar-refractivity contribution is 0.146. The molecular weight excluding hydrogens is 250 g/mol. The highest BCUT2D eigenvalue weighted by atomic mass is 16.3. The second-order valence-corrected chi connectivity index (χ2v) is 4.28. The summed E-state index contributed by atoms with van der Waals surface area (Å²) < 4.78 is 0. The molecule has 4 N–H and O–H groups in total. The first-order chi connectivity index (χ1) is 9.69. The number of nitrogens with zero attached hydrogens (tertiary/aromatic N) is 1. The van der Waals surface area contributed by atoms with Crippen LogP contribution in [0, 0.1) is 11.8 Å². The van der Waals surface area contributed by atoms with Gasteiger partial charge in [-0.2, -0.15) is 0 Å². The van der Waals surface area contributed by atoms with Gasteiger partial charge in [0.05, 0.1) is 11.8 Å². The average molecular weight is 271 g/mol. The van der Waals surface area contributed by atoms with Crippen molar-refractivity contribution in [3.05, 3.63) is 47.7 Å². The Morgan fingerprint density at radius 3 is 2.75 bits per heavy atom. The minimum atomic E-state index is -0.606. The molecule has 2 unspecified atom stereocenters. The van der Waals surface area contributed by atoms with Gasteiger partial charge >= 0.3 is 0 Å². The van der Waals surface area contributed by atoms with Gasteiger partial charge in [-0.3, -0.25) is 4.99 Å². The standard InChI is InChI=1S/C16H21N3O/c1-3-7-14(17)10-11-19-16(15(20)12-18-2)13-8-5-4-6-9-13/h4-6,8-11,15-16,18,20H,12,17H2,1-2H3. The van der Waals surface area contributed by atoms with Crippen LogP contribution in [0.15, 0.2) is 47.1 Å². The van der Waals surface area contributed by atoms with Crippen molar-refractivity contribution < 1.29 is 5.11 Å². The van der Waals surface area contributed by atoms with Gasteiger partial charge in [0.2, 0.25) is 0 Å². The van der Waals surface area contributed by atoms with Gasteiger partial charge in [0.15, 0.2) is 0 Å². The van der Waals surface area contributed by atoms with Gasteiger partial charge in [-0.1, -0.05) is 36.3 Å². The van der Waals surface area contributed by atoms with Gasteiger partial charge in [0, 0.05) is 12.8 Å². The van der Waals surface area contributed by atoms with E-state index in [-0.39, 0.29) is 6.04 Å². The summed E-state index contributed by atoms with van der Waals surface area (Å²) in [5.74, 6) is 5.45. The number of aliphatic hydroxyl groups excluding tert-OH is 1. The van der Waals surface area contributed by atoms with Crippen LogP contribution in [0.25, 0.3) is 0 Å². The molecule has 0 aromatic heterocycles. The molecule has 0 saturated heterocycles. The Hall–Kier alpha value is -2.09. The molecule has 0 aliphatic carbocycles. The maximum atomic E-state index is 10.2. The van der Waals surface area contributed by atoms with E-state index in [0.29, 0.717) is 12.2 Å². The Morgan fingerprint density at radius 2 is 2.15 bits per heavy atom. The van der Waals surface area contributed by atoms with Gasteiger partial charge in [-0.05, 0) is 31.5 Å². The van der Waals surface area contributed by atoms with E-state index in [4.69, 9.17) is 5.73 Å². The average Bonchev–Trinajstić information content (AvgIpc) is 2.45. The predicted octanol–water partition coefficient (Wildman–Crippen LogP) is 1.24. The van der Waals surface area contributed by atoms with E-state index in [0.717, 1.165) is 5.56 Å². The zero-order chi connectivity index (χ0) is 14.8. The largest absolute Gasteiger partial charge is 0.392 e. The lowest BCUT2D eigenvalue weighted by Crippen LogP contribution is -2.28. The SMILES string of the molecule is CC#CC(N)=CC=NC(c1ccccc1)C(O)CNC. The van der Waals surface area contributed by atoms with E-state index in [9.17, 15) is 5.11 Å². The van der Waals surface area contributed by atoms with E-state index < -0.39 is 6.10 Å². The molecule has 4 heteroatoms. The van der Waals surface area contributed by atoms with Crippen LogP contribution in [0.2, 0.25) is 0 Å². The van der Waals surface area contributed by atoms with Crippen molar-refractivity contribution in [3.63, 3.8) is 0 Å². The Bertz CT molecular complexity index is 512. The molecule has 0 spiro atoms. The van der Waals surface area contributed by atoms with Gasteiger partial charge in [0.25, 0.3) is 0 Å². The van der Waals surface area contributed by atoms with Crippen molar-refractivity contribution in [2.45, 2.75) is 19.1 Å². The van der Waals surface area contributed by atoms with Gasteiger partial charge < -0.3 is 16.2 Å². The highest BCUT2D eigenvalue weighted by Gasteiger charge is 2.18. The van der Waals surface area contributed by atoms with Crippen LogP contribution in [-0.4, -0.2) is 31.0 Å². The van der Waals surface area contributed by atoms with E-state index in [2.05, 4.69) is 22.2 Å². The first-order valence-electron chi connectivity index (χ1n) is 6.48. The fourth-order valence-corrected chi connectivity index (χ4v) is 1.78. The number of nitrogens with two attached hydrogens (primary N) is 1. The molecule has 0 fully saturated rings. The lowest BCUT2D eigenvalue weighted by atomic mass is 10.0. The third kappa shape index (κ3) is 5.27. The molecule has 1 aromatic rings. The summed E-state index contributed by atoms with van der Waals surface area (Å²) in [6, 6.07) is 9.35. The number of allylic oxidation sites excluding steroid dienone is 2. The summed E-state index contributed by atoms with van der Waals surface area (Å²) >= 11 is 0. The molecule has 4 nitrogen and oxygen atoms in total. The number of aliphatic hydroxyl groups is 1. The zero-order valence-corrected chi connectivity index (χ0v) is 11.9.